The average Bonchev–Trinajstić information content (AvgIpc) is 2.47. The van der Waals surface area contributed by atoms with Crippen molar-refractivity contribution in [2.75, 3.05) is 0 Å². The molecule has 0 fully saturated rings. The number of carbonyl (C=O) groups is 1. The van der Waals surface area contributed by atoms with Crippen molar-refractivity contribution in [3.05, 3.63) is 74.3 Å². The molecule has 2 rings (SSSR count). The Balaban J connectivity index is 2.03. The number of halogens is 2. The van der Waals surface area contributed by atoms with Gasteiger partial charge in [-0.3, -0.25) is 10.1 Å². The molecule has 0 heterocycles. The van der Waals surface area contributed by atoms with E-state index in [0.717, 1.165) is 0 Å². The van der Waals surface area contributed by atoms with Crippen molar-refractivity contribution in [2.24, 2.45) is 0 Å². The molecule has 0 aliphatic rings. The molecule has 0 saturated heterocycles. The van der Waals surface area contributed by atoms with Crippen LogP contribution < -0.4 is 4.74 Å². The molecule has 112 valence electrons. The van der Waals surface area contributed by atoms with Gasteiger partial charge in [-0.1, -0.05) is 29.3 Å². The Hall–Kier alpha value is -2.37. The van der Waals surface area contributed by atoms with E-state index >= 15 is 0 Å². The molecular weight excluding hydrogens is 329 g/mol. The lowest BCUT2D eigenvalue weighted by Gasteiger charge is -2.01. The topological polar surface area (TPSA) is 69.4 Å². The fourth-order valence-electron chi connectivity index (χ4n) is 1.58. The molecule has 0 aromatic heterocycles. The van der Waals surface area contributed by atoms with E-state index in [1.807, 2.05) is 0 Å². The minimum atomic E-state index is -0.625. The molecule has 0 unspecified atom stereocenters. The molecule has 2 aromatic carbocycles. The number of non-ortho nitro benzene ring substituents is 1. The zero-order chi connectivity index (χ0) is 16.1. The lowest BCUT2D eigenvalue weighted by atomic mass is 10.2. The first-order valence-electron chi connectivity index (χ1n) is 6.05. The van der Waals surface area contributed by atoms with Gasteiger partial charge in [0, 0.05) is 28.3 Å². The second-order valence-corrected chi connectivity index (χ2v) is 5.01. The second-order valence-electron chi connectivity index (χ2n) is 4.17. The van der Waals surface area contributed by atoms with Crippen molar-refractivity contribution in [1.82, 2.24) is 0 Å². The van der Waals surface area contributed by atoms with Gasteiger partial charge < -0.3 is 4.74 Å². The van der Waals surface area contributed by atoms with Crippen LogP contribution in [-0.4, -0.2) is 10.9 Å². The van der Waals surface area contributed by atoms with Crippen LogP contribution in [0.1, 0.15) is 5.56 Å². The summed E-state index contributed by atoms with van der Waals surface area (Å²) in [7, 11) is 0. The van der Waals surface area contributed by atoms with Gasteiger partial charge in [-0.25, -0.2) is 4.79 Å². The Labute approximate surface area is 135 Å². The van der Waals surface area contributed by atoms with Crippen molar-refractivity contribution < 1.29 is 14.5 Å². The van der Waals surface area contributed by atoms with Crippen LogP contribution in [-0.2, 0) is 4.79 Å². The van der Waals surface area contributed by atoms with Gasteiger partial charge >= 0.3 is 5.97 Å². The predicted octanol–water partition coefficient (Wildman–Crippen LogP) is 4.52. The summed E-state index contributed by atoms with van der Waals surface area (Å²) in [5.41, 5.74) is 0.537. The molecule has 0 saturated carbocycles. The van der Waals surface area contributed by atoms with Crippen LogP contribution in [0.2, 0.25) is 10.0 Å². The molecule has 22 heavy (non-hydrogen) atoms. The van der Waals surface area contributed by atoms with Gasteiger partial charge in [-0.05, 0) is 35.9 Å². The smallest absolute Gasteiger partial charge is 0.336 e. The van der Waals surface area contributed by atoms with Crippen molar-refractivity contribution in [3.8, 4) is 5.75 Å². The van der Waals surface area contributed by atoms with Crippen LogP contribution in [0.3, 0.4) is 0 Å². The van der Waals surface area contributed by atoms with E-state index in [-0.39, 0.29) is 11.4 Å². The Morgan fingerprint density at radius 3 is 2.41 bits per heavy atom. The number of hydrogen-bond donors (Lipinski definition) is 0. The van der Waals surface area contributed by atoms with E-state index in [4.69, 9.17) is 27.9 Å². The summed E-state index contributed by atoms with van der Waals surface area (Å²) >= 11 is 11.7. The Bertz CT molecular complexity index is 742. The van der Waals surface area contributed by atoms with Crippen LogP contribution >= 0.6 is 23.2 Å². The number of rotatable bonds is 4. The highest BCUT2D eigenvalue weighted by molar-refractivity contribution is 6.35. The SMILES string of the molecule is O=C(/C=C/c1ccc(Cl)cc1Cl)Oc1ccc([N+](=O)[O-])cc1. The van der Waals surface area contributed by atoms with E-state index in [0.29, 0.717) is 15.6 Å². The summed E-state index contributed by atoms with van der Waals surface area (Å²) in [4.78, 5) is 21.7. The van der Waals surface area contributed by atoms with Gasteiger partial charge in [0.15, 0.2) is 0 Å². The molecule has 2 aromatic rings. The summed E-state index contributed by atoms with van der Waals surface area (Å²) in [6, 6.07) is 10.1. The Morgan fingerprint density at radius 2 is 1.82 bits per heavy atom. The van der Waals surface area contributed by atoms with Crippen molar-refractivity contribution >= 4 is 40.9 Å². The first-order chi connectivity index (χ1) is 10.5. The molecule has 0 spiro atoms. The fourth-order valence-corrected chi connectivity index (χ4v) is 2.05. The lowest BCUT2D eigenvalue weighted by molar-refractivity contribution is -0.384. The molecule has 7 heteroatoms. The lowest BCUT2D eigenvalue weighted by Crippen LogP contribution is -2.03. The number of nitro benzene ring substituents is 1. The fraction of sp³-hybridized carbons (Fsp3) is 0. The standard InChI is InChI=1S/C15H9Cl2NO4/c16-11-3-1-10(14(17)9-11)2-8-15(19)22-13-6-4-12(5-7-13)18(20)21/h1-9H/b8-2+. The zero-order valence-electron chi connectivity index (χ0n) is 11.0. The van der Waals surface area contributed by atoms with Gasteiger partial charge in [0.2, 0.25) is 0 Å². The van der Waals surface area contributed by atoms with E-state index in [2.05, 4.69) is 0 Å². The number of benzene rings is 2. The number of carbonyl (C=O) groups excluding carboxylic acids is 1. The molecular formula is C15H9Cl2NO4. The van der Waals surface area contributed by atoms with Gasteiger partial charge in [-0.15, -0.1) is 0 Å². The first-order valence-corrected chi connectivity index (χ1v) is 6.81. The number of ether oxygens (including phenoxy) is 1. The summed E-state index contributed by atoms with van der Waals surface area (Å²) in [6.45, 7) is 0. The maximum atomic E-state index is 11.7. The summed E-state index contributed by atoms with van der Waals surface area (Å²) in [6.07, 6.45) is 2.70. The van der Waals surface area contributed by atoms with Gasteiger partial charge in [-0.2, -0.15) is 0 Å². The van der Waals surface area contributed by atoms with Gasteiger partial charge in [0.25, 0.3) is 5.69 Å². The molecule has 0 amide bonds. The highest BCUT2D eigenvalue weighted by Gasteiger charge is 2.06. The highest BCUT2D eigenvalue weighted by atomic mass is 35.5. The Morgan fingerprint density at radius 1 is 1.14 bits per heavy atom. The van der Waals surface area contributed by atoms with Crippen molar-refractivity contribution in [1.29, 1.82) is 0 Å². The predicted molar refractivity (Wildman–Crippen MR) is 84.2 cm³/mol. The third-order valence-electron chi connectivity index (χ3n) is 2.63. The maximum absolute atomic E-state index is 11.7. The van der Waals surface area contributed by atoms with E-state index in [1.54, 1.807) is 18.2 Å². The van der Waals surface area contributed by atoms with E-state index in [9.17, 15) is 14.9 Å². The van der Waals surface area contributed by atoms with E-state index in [1.165, 1.54) is 36.4 Å². The van der Waals surface area contributed by atoms with Crippen LogP contribution in [0.25, 0.3) is 6.08 Å². The van der Waals surface area contributed by atoms with Crippen LogP contribution in [0.5, 0.6) is 5.75 Å². The summed E-state index contributed by atoms with van der Waals surface area (Å²) in [5, 5.41) is 11.4. The molecule has 0 aliphatic heterocycles. The highest BCUT2D eigenvalue weighted by Crippen LogP contribution is 2.22. The van der Waals surface area contributed by atoms with Crippen molar-refractivity contribution in [2.45, 2.75) is 0 Å². The van der Waals surface area contributed by atoms with Crippen molar-refractivity contribution in [3.63, 3.8) is 0 Å². The minimum absolute atomic E-state index is 0.0803. The normalized spacial score (nSPS) is 10.6. The summed E-state index contributed by atoms with van der Waals surface area (Å²) < 4.78 is 5.02. The molecule has 5 nitrogen and oxygen atoms in total. The first kappa shape index (κ1) is 16.0. The Kier molecular flexibility index (Phi) is 5.14. The summed E-state index contributed by atoms with van der Waals surface area (Å²) in [5.74, 6) is -0.415. The van der Waals surface area contributed by atoms with Crippen LogP contribution in [0, 0.1) is 10.1 Å². The third-order valence-corrected chi connectivity index (χ3v) is 3.19. The number of nitro groups is 1. The third kappa shape index (κ3) is 4.31. The van der Waals surface area contributed by atoms with Gasteiger partial charge in [0.05, 0.1) is 4.92 Å². The van der Waals surface area contributed by atoms with E-state index < -0.39 is 10.9 Å². The molecule has 0 aliphatic carbocycles. The monoisotopic (exact) mass is 337 g/mol. The van der Waals surface area contributed by atoms with Crippen LogP contribution in [0.15, 0.2) is 48.5 Å². The van der Waals surface area contributed by atoms with Gasteiger partial charge in [0.1, 0.15) is 5.75 Å². The second kappa shape index (κ2) is 7.06. The molecule has 0 N–H and O–H groups in total. The maximum Gasteiger partial charge on any atom is 0.336 e. The van der Waals surface area contributed by atoms with Crippen LogP contribution in [0.4, 0.5) is 5.69 Å². The number of esters is 1. The molecule has 0 atom stereocenters. The zero-order valence-corrected chi connectivity index (χ0v) is 12.5. The quantitative estimate of drug-likeness (QED) is 0.270. The minimum Gasteiger partial charge on any atom is -0.423 e. The molecule has 0 radical (unpaired) electrons. The number of hydrogen-bond acceptors (Lipinski definition) is 4. The molecule has 0 bridgehead atoms. The average molecular weight is 338 g/mol. The number of nitrogens with zero attached hydrogens (tertiary/aromatic N) is 1. The largest absolute Gasteiger partial charge is 0.423 e.